The van der Waals surface area contributed by atoms with Crippen LogP contribution in [0.25, 0.3) is 10.9 Å². The van der Waals surface area contributed by atoms with Crippen LogP contribution in [0.2, 0.25) is 0 Å². The molecule has 4 rings (SSSR count). The second kappa shape index (κ2) is 6.17. The van der Waals surface area contributed by atoms with Crippen molar-refractivity contribution in [1.29, 1.82) is 0 Å². The third kappa shape index (κ3) is 2.83. The summed E-state index contributed by atoms with van der Waals surface area (Å²) in [6.45, 7) is 0.564. The van der Waals surface area contributed by atoms with Crippen molar-refractivity contribution in [1.82, 2.24) is 4.98 Å². The molecule has 5 heteroatoms. The van der Waals surface area contributed by atoms with Crippen LogP contribution in [0.4, 0.5) is 14.6 Å². The summed E-state index contributed by atoms with van der Waals surface area (Å²) in [7, 11) is 0. The maximum absolute atomic E-state index is 13.5. The first-order chi connectivity index (χ1) is 11.7. The molecule has 1 aliphatic heterocycles. The van der Waals surface area contributed by atoms with E-state index in [9.17, 15) is 8.78 Å². The van der Waals surface area contributed by atoms with Gasteiger partial charge in [-0.3, -0.25) is 0 Å². The molecule has 122 valence electrons. The van der Waals surface area contributed by atoms with Gasteiger partial charge in [-0.1, -0.05) is 24.3 Å². The van der Waals surface area contributed by atoms with Crippen molar-refractivity contribution in [3.63, 3.8) is 0 Å². The number of rotatable bonds is 3. The molecule has 1 aromatic heterocycles. The predicted molar refractivity (Wildman–Crippen MR) is 88.8 cm³/mol. The fourth-order valence-electron chi connectivity index (χ4n) is 3.09. The smallest absolute Gasteiger partial charge is 0.159 e. The molecular formula is C19H16F2N2O. The number of halogens is 2. The number of fused-ring (bicyclic) bond motifs is 1. The Morgan fingerprint density at radius 3 is 2.75 bits per heavy atom. The van der Waals surface area contributed by atoms with E-state index in [1.165, 1.54) is 6.07 Å². The molecule has 3 nitrogen and oxygen atoms in total. The summed E-state index contributed by atoms with van der Waals surface area (Å²) < 4.78 is 32.4. The molecule has 0 spiro atoms. The van der Waals surface area contributed by atoms with Gasteiger partial charge in [0.1, 0.15) is 11.9 Å². The summed E-state index contributed by atoms with van der Waals surface area (Å²) in [5, 5.41) is 4.44. The number of anilines is 1. The van der Waals surface area contributed by atoms with Crippen molar-refractivity contribution in [2.75, 3.05) is 11.9 Å². The number of ether oxygens (including phenoxy) is 1. The number of hydrogen-bond acceptors (Lipinski definition) is 3. The van der Waals surface area contributed by atoms with E-state index in [0.717, 1.165) is 29.2 Å². The van der Waals surface area contributed by atoms with Crippen molar-refractivity contribution in [3.05, 3.63) is 71.8 Å². The highest BCUT2D eigenvalue weighted by Crippen LogP contribution is 2.32. The first-order valence-corrected chi connectivity index (χ1v) is 7.89. The summed E-state index contributed by atoms with van der Waals surface area (Å²) in [6.07, 6.45) is 0.450. The van der Waals surface area contributed by atoms with E-state index in [0.29, 0.717) is 12.2 Å². The van der Waals surface area contributed by atoms with Gasteiger partial charge < -0.3 is 10.1 Å². The number of pyridine rings is 1. The minimum Gasteiger partial charge on any atom is -0.371 e. The molecule has 24 heavy (non-hydrogen) atoms. The maximum atomic E-state index is 13.5. The molecule has 2 unspecified atom stereocenters. The van der Waals surface area contributed by atoms with Crippen molar-refractivity contribution in [3.8, 4) is 0 Å². The number of hydrogen-bond donors (Lipinski definition) is 1. The Hall–Kier alpha value is -2.53. The van der Waals surface area contributed by atoms with Gasteiger partial charge in [-0.15, -0.1) is 0 Å². The van der Waals surface area contributed by atoms with Crippen LogP contribution >= 0.6 is 0 Å². The molecule has 0 bridgehead atoms. The topological polar surface area (TPSA) is 34.1 Å². The summed E-state index contributed by atoms with van der Waals surface area (Å²) >= 11 is 0. The molecule has 2 atom stereocenters. The number of para-hydroxylation sites is 1. The first-order valence-electron chi connectivity index (χ1n) is 7.89. The Morgan fingerprint density at radius 1 is 1.00 bits per heavy atom. The zero-order valence-corrected chi connectivity index (χ0v) is 12.9. The van der Waals surface area contributed by atoms with Gasteiger partial charge in [0.25, 0.3) is 0 Å². The number of benzene rings is 2. The predicted octanol–water partition coefficient (Wildman–Crippen LogP) is 4.46. The highest BCUT2D eigenvalue weighted by molar-refractivity contribution is 5.80. The Kier molecular flexibility index (Phi) is 3.86. The number of aromatic nitrogens is 1. The van der Waals surface area contributed by atoms with Crippen LogP contribution in [-0.4, -0.2) is 17.6 Å². The van der Waals surface area contributed by atoms with Crippen LogP contribution in [-0.2, 0) is 4.74 Å². The lowest BCUT2D eigenvalue weighted by atomic mass is 10.0. The highest BCUT2D eigenvalue weighted by Gasteiger charge is 2.30. The monoisotopic (exact) mass is 326 g/mol. The van der Waals surface area contributed by atoms with E-state index in [-0.39, 0.29) is 12.1 Å². The molecule has 0 aliphatic carbocycles. The first kappa shape index (κ1) is 15.0. The van der Waals surface area contributed by atoms with Crippen LogP contribution in [0, 0.1) is 11.6 Å². The Balaban J connectivity index is 1.58. The third-order valence-corrected chi connectivity index (χ3v) is 4.30. The number of nitrogens with one attached hydrogen (secondary N) is 1. The van der Waals surface area contributed by atoms with Gasteiger partial charge >= 0.3 is 0 Å². The van der Waals surface area contributed by atoms with Crippen molar-refractivity contribution in [2.45, 2.75) is 18.6 Å². The SMILES string of the molecule is Fc1ccc(C2OCCC2Nc2ccc3ccccc3n2)cc1F. The summed E-state index contributed by atoms with van der Waals surface area (Å²) in [6, 6.07) is 15.7. The maximum Gasteiger partial charge on any atom is 0.159 e. The zero-order valence-electron chi connectivity index (χ0n) is 12.9. The van der Waals surface area contributed by atoms with E-state index in [4.69, 9.17) is 4.74 Å². The normalized spacial score (nSPS) is 20.4. The van der Waals surface area contributed by atoms with Crippen LogP contribution in [0.1, 0.15) is 18.1 Å². The van der Waals surface area contributed by atoms with Gasteiger partial charge in [0.05, 0.1) is 11.6 Å². The second-order valence-electron chi connectivity index (χ2n) is 5.89. The summed E-state index contributed by atoms with van der Waals surface area (Å²) in [5.41, 5.74) is 1.54. The molecule has 2 heterocycles. The van der Waals surface area contributed by atoms with Gasteiger partial charge in [0, 0.05) is 12.0 Å². The minimum atomic E-state index is -0.856. The molecule has 1 saturated heterocycles. The van der Waals surface area contributed by atoms with Crippen molar-refractivity contribution < 1.29 is 13.5 Å². The molecule has 1 aliphatic rings. The molecular weight excluding hydrogens is 310 g/mol. The average molecular weight is 326 g/mol. The molecule has 1 fully saturated rings. The summed E-state index contributed by atoms with van der Waals surface area (Å²) in [4.78, 5) is 4.60. The van der Waals surface area contributed by atoms with E-state index in [1.807, 2.05) is 36.4 Å². The van der Waals surface area contributed by atoms with Gasteiger partial charge in [-0.25, -0.2) is 13.8 Å². The van der Waals surface area contributed by atoms with Crippen LogP contribution in [0.15, 0.2) is 54.6 Å². The van der Waals surface area contributed by atoms with E-state index >= 15 is 0 Å². The lowest BCUT2D eigenvalue weighted by molar-refractivity contribution is 0.107. The molecule has 0 radical (unpaired) electrons. The van der Waals surface area contributed by atoms with Crippen LogP contribution in [0.5, 0.6) is 0 Å². The third-order valence-electron chi connectivity index (χ3n) is 4.30. The second-order valence-corrected chi connectivity index (χ2v) is 5.89. The fraction of sp³-hybridized carbons (Fsp3) is 0.211. The highest BCUT2D eigenvalue weighted by atomic mass is 19.2. The standard InChI is InChI=1S/C19H16F2N2O/c20-14-7-5-13(11-15(14)21)19-17(9-10-24-19)23-18-8-6-12-3-1-2-4-16(12)22-18/h1-8,11,17,19H,9-10H2,(H,22,23). The van der Waals surface area contributed by atoms with Crippen LogP contribution < -0.4 is 5.32 Å². The van der Waals surface area contributed by atoms with E-state index in [2.05, 4.69) is 10.3 Å². The van der Waals surface area contributed by atoms with Gasteiger partial charge in [0.15, 0.2) is 11.6 Å². The molecule has 0 amide bonds. The van der Waals surface area contributed by atoms with Gasteiger partial charge in [-0.05, 0) is 42.3 Å². The van der Waals surface area contributed by atoms with Crippen molar-refractivity contribution >= 4 is 16.7 Å². The lowest BCUT2D eigenvalue weighted by Gasteiger charge is -2.21. The van der Waals surface area contributed by atoms with E-state index < -0.39 is 11.6 Å². The molecule has 0 saturated carbocycles. The molecule has 3 aromatic rings. The fourth-order valence-corrected chi connectivity index (χ4v) is 3.09. The quantitative estimate of drug-likeness (QED) is 0.772. The molecule has 2 aromatic carbocycles. The summed E-state index contributed by atoms with van der Waals surface area (Å²) in [5.74, 6) is -0.959. The number of nitrogens with zero attached hydrogens (tertiary/aromatic N) is 1. The zero-order chi connectivity index (χ0) is 16.5. The van der Waals surface area contributed by atoms with E-state index in [1.54, 1.807) is 6.07 Å². The largest absolute Gasteiger partial charge is 0.371 e. The Labute approximate surface area is 138 Å². The van der Waals surface area contributed by atoms with Crippen LogP contribution in [0.3, 0.4) is 0 Å². The van der Waals surface area contributed by atoms with Gasteiger partial charge in [0.2, 0.25) is 0 Å². The van der Waals surface area contributed by atoms with Crippen molar-refractivity contribution in [2.24, 2.45) is 0 Å². The Bertz CT molecular complexity index is 884. The average Bonchev–Trinajstić information content (AvgIpc) is 3.05. The lowest BCUT2D eigenvalue weighted by Crippen LogP contribution is -2.23. The van der Waals surface area contributed by atoms with Gasteiger partial charge in [-0.2, -0.15) is 0 Å². The minimum absolute atomic E-state index is 0.0384. The molecule has 1 N–H and O–H groups in total. The Morgan fingerprint density at radius 2 is 1.88 bits per heavy atom.